The third-order valence-corrected chi connectivity index (χ3v) is 2.55. The number of hydrogen-bond acceptors (Lipinski definition) is 5. The Labute approximate surface area is 106 Å². The zero-order valence-corrected chi connectivity index (χ0v) is 10.4. The maximum absolute atomic E-state index is 11.1. The smallest absolute Gasteiger partial charge is 0.332 e. The van der Waals surface area contributed by atoms with Gasteiger partial charge in [-0.3, -0.25) is 0 Å². The Balaban J connectivity index is 2.75. The maximum Gasteiger partial charge on any atom is 0.332 e. The van der Waals surface area contributed by atoms with Crippen LogP contribution in [0.4, 0.5) is 0 Å². The highest BCUT2D eigenvalue weighted by Gasteiger charge is 2.15. The second-order valence-corrected chi connectivity index (χ2v) is 3.94. The summed E-state index contributed by atoms with van der Waals surface area (Å²) in [5.41, 5.74) is 1.15. The maximum atomic E-state index is 11.1. The van der Waals surface area contributed by atoms with E-state index in [1.165, 1.54) is 13.2 Å². The first kappa shape index (κ1) is 14.0. The predicted octanol–water partition coefficient (Wildman–Crippen LogP) is 0.0477. The number of methoxy groups -OCH3 is 1. The molecule has 1 aliphatic rings. The van der Waals surface area contributed by atoms with E-state index in [1.807, 2.05) is 18.2 Å². The molecule has 0 aliphatic heterocycles. The molecule has 0 aromatic rings. The van der Waals surface area contributed by atoms with Gasteiger partial charge >= 0.3 is 5.97 Å². The van der Waals surface area contributed by atoms with Crippen LogP contribution in [0.5, 0.6) is 0 Å². The average Bonchev–Trinajstić information content (AvgIpc) is 2.36. The SMILES string of the molecule is COC(=O)C=C(C)NC(C(=O)[O-])C1=CCC=CC1. The van der Waals surface area contributed by atoms with E-state index in [0.717, 1.165) is 5.57 Å². The lowest BCUT2D eigenvalue weighted by Crippen LogP contribution is -2.46. The largest absolute Gasteiger partial charge is 0.548 e. The molecule has 5 heteroatoms. The average molecular weight is 250 g/mol. The minimum atomic E-state index is -1.21. The number of carboxylic acids is 1. The molecule has 1 N–H and O–H groups in total. The van der Waals surface area contributed by atoms with E-state index in [2.05, 4.69) is 10.1 Å². The van der Waals surface area contributed by atoms with Crippen molar-refractivity contribution in [3.63, 3.8) is 0 Å². The van der Waals surface area contributed by atoms with Gasteiger partial charge in [-0.05, 0) is 25.3 Å². The molecule has 0 aromatic carbocycles. The fourth-order valence-electron chi connectivity index (χ4n) is 1.66. The van der Waals surface area contributed by atoms with E-state index in [-0.39, 0.29) is 0 Å². The molecule has 0 heterocycles. The summed E-state index contributed by atoms with van der Waals surface area (Å²) in [6.45, 7) is 1.60. The van der Waals surface area contributed by atoms with Gasteiger partial charge in [-0.15, -0.1) is 0 Å². The Morgan fingerprint density at radius 2 is 2.22 bits per heavy atom. The van der Waals surface area contributed by atoms with Crippen LogP contribution in [0, 0.1) is 0 Å². The standard InChI is InChI=1S/C13H17NO4/c1-9(8-11(15)18-2)14-12(13(16)17)10-6-4-3-5-7-10/h3-4,7-8,12,14H,5-6H2,1-2H3,(H,16,17)/p-1. The van der Waals surface area contributed by atoms with Crippen LogP contribution in [0.3, 0.4) is 0 Å². The number of allylic oxidation sites excluding steroid dienone is 4. The molecular weight excluding hydrogens is 234 g/mol. The molecule has 1 atom stereocenters. The molecule has 0 spiro atoms. The number of carbonyl (C=O) groups is 2. The first-order valence-electron chi connectivity index (χ1n) is 5.62. The summed E-state index contributed by atoms with van der Waals surface area (Å²) in [6, 6.07) is -0.921. The summed E-state index contributed by atoms with van der Waals surface area (Å²) < 4.78 is 4.46. The minimum absolute atomic E-state index is 0.423. The molecule has 0 bridgehead atoms. The highest BCUT2D eigenvalue weighted by Crippen LogP contribution is 2.15. The van der Waals surface area contributed by atoms with Gasteiger partial charge < -0.3 is 20.0 Å². The van der Waals surface area contributed by atoms with E-state index >= 15 is 0 Å². The molecule has 0 fully saturated rings. The van der Waals surface area contributed by atoms with Gasteiger partial charge in [0.25, 0.3) is 0 Å². The lowest BCUT2D eigenvalue weighted by Gasteiger charge is -2.24. The molecule has 5 nitrogen and oxygen atoms in total. The van der Waals surface area contributed by atoms with Gasteiger partial charge in [0.1, 0.15) is 0 Å². The first-order chi connectivity index (χ1) is 8.54. The third kappa shape index (κ3) is 4.08. The van der Waals surface area contributed by atoms with Gasteiger partial charge in [0, 0.05) is 11.8 Å². The lowest BCUT2D eigenvalue weighted by molar-refractivity contribution is -0.307. The van der Waals surface area contributed by atoms with E-state index in [0.29, 0.717) is 18.5 Å². The van der Waals surface area contributed by atoms with Crippen LogP contribution in [-0.2, 0) is 14.3 Å². The number of carboxylic acid groups (broad SMARTS) is 1. The van der Waals surface area contributed by atoms with Crippen LogP contribution in [-0.4, -0.2) is 25.1 Å². The van der Waals surface area contributed by atoms with E-state index in [1.54, 1.807) is 6.92 Å². The number of carbonyl (C=O) groups excluding carboxylic acids is 2. The minimum Gasteiger partial charge on any atom is -0.548 e. The number of esters is 1. The molecule has 0 radical (unpaired) electrons. The molecular formula is C13H16NO4-. The number of aliphatic carboxylic acids is 1. The molecule has 1 unspecified atom stereocenters. The second-order valence-electron chi connectivity index (χ2n) is 3.94. The fourth-order valence-corrected chi connectivity index (χ4v) is 1.66. The van der Waals surface area contributed by atoms with Gasteiger partial charge in [0.05, 0.1) is 19.1 Å². The van der Waals surface area contributed by atoms with Gasteiger partial charge in [0.2, 0.25) is 0 Å². The molecule has 0 saturated carbocycles. The van der Waals surface area contributed by atoms with E-state index in [9.17, 15) is 14.7 Å². The summed E-state index contributed by atoms with van der Waals surface area (Å²) in [6.07, 6.45) is 8.20. The molecule has 18 heavy (non-hydrogen) atoms. The second kappa shape index (κ2) is 6.64. The Bertz CT molecular complexity index is 421. The third-order valence-electron chi connectivity index (χ3n) is 2.55. The zero-order valence-electron chi connectivity index (χ0n) is 10.4. The van der Waals surface area contributed by atoms with Crippen LogP contribution < -0.4 is 10.4 Å². The highest BCUT2D eigenvalue weighted by atomic mass is 16.5. The Hall–Kier alpha value is -2.04. The first-order valence-corrected chi connectivity index (χ1v) is 5.62. The highest BCUT2D eigenvalue weighted by molar-refractivity contribution is 5.83. The molecule has 98 valence electrons. The molecule has 0 aromatic heterocycles. The molecule has 1 aliphatic carbocycles. The van der Waals surface area contributed by atoms with Gasteiger partial charge in [-0.25, -0.2) is 4.79 Å². The Morgan fingerprint density at radius 1 is 1.50 bits per heavy atom. The van der Waals surface area contributed by atoms with Crippen LogP contribution in [0.1, 0.15) is 19.8 Å². The topological polar surface area (TPSA) is 78.5 Å². The number of rotatable bonds is 5. The van der Waals surface area contributed by atoms with Crippen LogP contribution in [0.2, 0.25) is 0 Å². The van der Waals surface area contributed by atoms with Crippen molar-refractivity contribution in [1.29, 1.82) is 0 Å². The van der Waals surface area contributed by atoms with Crippen molar-refractivity contribution in [2.45, 2.75) is 25.8 Å². The summed E-state index contributed by atoms with van der Waals surface area (Å²) in [5.74, 6) is -1.75. The van der Waals surface area contributed by atoms with Crippen LogP contribution in [0.25, 0.3) is 0 Å². The molecule has 0 saturated heterocycles. The van der Waals surface area contributed by atoms with E-state index < -0.39 is 18.0 Å². The Morgan fingerprint density at radius 3 is 2.72 bits per heavy atom. The lowest BCUT2D eigenvalue weighted by atomic mass is 9.98. The number of ether oxygens (including phenoxy) is 1. The van der Waals surface area contributed by atoms with Crippen LogP contribution >= 0.6 is 0 Å². The van der Waals surface area contributed by atoms with Crippen molar-refractivity contribution >= 4 is 11.9 Å². The number of hydrogen-bond donors (Lipinski definition) is 1. The van der Waals surface area contributed by atoms with Gasteiger partial charge in [-0.1, -0.05) is 18.2 Å². The Kier molecular flexibility index (Phi) is 5.17. The van der Waals surface area contributed by atoms with Crippen molar-refractivity contribution in [3.05, 3.63) is 35.6 Å². The predicted molar refractivity (Wildman–Crippen MR) is 64.2 cm³/mol. The number of nitrogens with one attached hydrogen (secondary N) is 1. The zero-order chi connectivity index (χ0) is 13.5. The van der Waals surface area contributed by atoms with Crippen molar-refractivity contribution in [2.24, 2.45) is 0 Å². The summed E-state index contributed by atoms with van der Waals surface area (Å²) in [5, 5.41) is 13.9. The monoisotopic (exact) mass is 250 g/mol. The molecule has 0 amide bonds. The fraction of sp³-hybridized carbons (Fsp3) is 0.385. The van der Waals surface area contributed by atoms with Crippen molar-refractivity contribution in [2.75, 3.05) is 7.11 Å². The normalized spacial score (nSPS) is 16.8. The summed E-state index contributed by atoms with van der Waals surface area (Å²) in [4.78, 5) is 22.1. The summed E-state index contributed by atoms with van der Waals surface area (Å²) in [7, 11) is 1.26. The van der Waals surface area contributed by atoms with Crippen molar-refractivity contribution in [3.8, 4) is 0 Å². The quantitative estimate of drug-likeness (QED) is 0.423. The van der Waals surface area contributed by atoms with Crippen LogP contribution in [0.15, 0.2) is 35.6 Å². The van der Waals surface area contributed by atoms with Crippen molar-refractivity contribution in [1.82, 2.24) is 5.32 Å². The van der Waals surface area contributed by atoms with Gasteiger partial charge in [0.15, 0.2) is 0 Å². The molecule has 1 rings (SSSR count). The van der Waals surface area contributed by atoms with Crippen molar-refractivity contribution < 1.29 is 19.4 Å². The van der Waals surface area contributed by atoms with Gasteiger partial charge in [-0.2, -0.15) is 0 Å². The van der Waals surface area contributed by atoms with E-state index in [4.69, 9.17) is 0 Å². The summed E-state index contributed by atoms with van der Waals surface area (Å²) >= 11 is 0.